The third-order valence-electron chi connectivity index (χ3n) is 6.08. The van der Waals surface area contributed by atoms with Crippen molar-refractivity contribution in [2.24, 2.45) is 5.73 Å². The van der Waals surface area contributed by atoms with E-state index in [1.807, 2.05) is 24.3 Å². The number of hydrogen-bond donors (Lipinski definition) is 7. The zero-order chi connectivity index (χ0) is 26.4. The number of amides is 3. The number of aromatic nitrogens is 1. The van der Waals surface area contributed by atoms with E-state index in [0.717, 1.165) is 16.5 Å². The number of aromatic amines is 1. The lowest BCUT2D eigenvalue weighted by molar-refractivity contribution is -0.144. The lowest BCUT2D eigenvalue weighted by atomic mass is 10.0. The first-order valence-corrected chi connectivity index (χ1v) is 12.0. The van der Waals surface area contributed by atoms with E-state index >= 15 is 0 Å². The molecule has 36 heavy (non-hydrogen) atoms. The van der Waals surface area contributed by atoms with Gasteiger partial charge in [-0.15, -0.1) is 0 Å². The fraction of sp³-hybridized carbons (Fsp3) is 0.435. The molecule has 12 nitrogen and oxygen atoms in total. The number of rotatable bonds is 11. The summed E-state index contributed by atoms with van der Waals surface area (Å²) in [7, 11) is 0. The number of para-hydroxylation sites is 1. The van der Waals surface area contributed by atoms with Gasteiger partial charge in [0, 0.05) is 35.8 Å². The molecular weight excluding hydrogens is 490 g/mol. The van der Waals surface area contributed by atoms with Gasteiger partial charge >= 0.3 is 11.9 Å². The van der Waals surface area contributed by atoms with Gasteiger partial charge in [0.15, 0.2) is 0 Å². The van der Waals surface area contributed by atoms with E-state index in [2.05, 4.69) is 28.2 Å². The minimum atomic E-state index is -1.30. The van der Waals surface area contributed by atoms with Crippen LogP contribution in [0.3, 0.4) is 0 Å². The van der Waals surface area contributed by atoms with Gasteiger partial charge in [0.25, 0.3) is 0 Å². The Hall–Kier alpha value is -3.58. The normalized spacial score (nSPS) is 17.8. The molecule has 194 valence electrons. The number of carbonyl (C=O) groups is 5. The molecule has 1 fully saturated rings. The summed E-state index contributed by atoms with van der Waals surface area (Å²) < 4.78 is 0. The van der Waals surface area contributed by atoms with Crippen LogP contribution in [-0.2, 0) is 30.4 Å². The summed E-state index contributed by atoms with van der Waals surface area (Å²) in [5.74, 6) is -4.64. The van der Waals surface area contributed by atoms with Crippen molar-refractivity contribution in [2.45, 2.75) is 49.9 Å². The molecule has 1 saturated heterocycles. The first-order valence-electron chi connectivity index (χ1n) is 11.4. The molecule has 0 saturated carbocycles. The van der Waals surface area contributed by atoms with Gasteiger partial charge < -0.3 is 36.5 Å². The molecule has 1 aliphatic heterocycles. The number of nitrogens with zero attached hydrogens (tertiary/aromatic N) is 1. The SMILES string of the molecule is N[C@@H](CC(=O)O)C(=O)N1CCC[C@H]1C(=O)N[C@@H](Cc1c[nH]c2ccccc12)C(=O)N[C@@H](CS)C(=O)O. The van der Waals surface area contributed by atoms with Gasteiger partial charge in [0.1, 0.15) is 18.1 Å². The van der Waals surface area contributed by atoms with Gasteiger partial charge in [0.2, 0.25) is 17.7 Å². The second kappa shape index (κ2) is 11.9. The van der Waals surface area contributed by atoms with Crippen LogP contribution in [-0.4, -0.2) is 86.2 Å². The van der Waals surface area contributed by atoms with Crippen LogP contribution in [0.5, 0.6) is 0 Å². The van der Waals surface area contributed by atoms with Gasteiger partial charge in [-0.25, -0.2) is 4.79 Å². The second-order valence-corrected chi connectivity index (χ2v) is 8.97. The van der Waals surface area contributed by atoms with Crippen LogP contribution in [0.4, 0.5) is 0 Å². The molecule has 1 aliphatic rings. The lowest BCUT2D eigenvalue weighted by Gasteiger charge is -2.28. The summed E-state index contributed by atoms with van der Waals surface area (Å²) in [4.78, 5) is 65.7. The molecule has 0 aliphatic carbocycles. The minimum absolute atomic E-state index is 0.0552. The van der Waals surface area contributed by atoms with Crippen molar-refractivity contribution in [3.05, 3.63) is 36.0 Å². The molecule has 7 N–H and O–H groups in total. The van der Waals surface area contributed by atoms with Gasteiger partial charge in [-0.3, -0.25) is 19.2 Å². The number of H-pyrrole nitrogens is 1. The van der Waals surface area contributed by atoms with E-state index in [9.17, 15) is 29.1 Å². The Labute approximate surface area is 212 Å². The van der Waals surface area contributed by atoms with Crippen molar-refractivity contribution in [1.29, 1.82) is 0 Å². The van der Waals surface area contributed by atoms with Crippen LogP contribution in [0.25, 0.3) is 10.9 Å². The fourth-order valence-electron chi connectivity index (χ4n) is 4.25. The molecule has 2 heterocycles. The highest BCUT2D eigenvalue weighted by atomic mass is 32.1. The molecule has 0 unspecified atom stereocenters. The van der Waals surface area contributed by atoms with Crippen molar-refractivity contribution >= 4 is 53.2 Å². The predicted octanol–water partition coefficient (Wildman–Crippen LogP) is -0.513. The Morgan fingerprint density at radius 1 is 1.14 bits per heavy atom. The maximum Gasteiger partial charge on any atom is 0.327 e. The van der Waals surface area contributed by atoms with Crippen LogP contribution in [0.1, 0.15) is 24.8 Å². The Morgan fingerprint density at radius 3 is 2.53 bits per heavy atom. The van der Waals surface area contributed by atoms with Gasteiger partial charge in [-0.1, -0.05) is 18.2 Å². The Morgan fingerprint density at radius 2 is 1.86 bits per heavy atom. The van der Waals surface area contributed by atoms with E-state index in [0.29, 0.717) is 12.8 Å². The summed E-state index contributed by atoms with van der Waals surface area (Å²) in [5, 5.41) is 24.1. The summed E-state index contributed by atoms with van der Waals surface area (Å²) in [5.41, 5.74) is 7.28. The molecule has 1 aromatic heterocycles. The summed E-state index contributed by atoms with van der Waals surface area (Å²) in [6.45, 7) is 0.226. The highest BCUT2D eigenvalue weighted by Crippen LogP contribution is 2.21. The highest BCUT2D eigenvalue weighted by molar-refractivity contribution is 7.80. The number of hydrogen-bond acceptors (Lipinski definition) is 7. The van der Waals surface area contributed by atoms with Gasteiger partial charge in [-0.05, 0) is 24.5 Å². The summed E-state index contributed by atoms with van der Waals surface area (Å²) in [6, 6.07) is 2.74. The Kier molecular flexibility index (Phi) is 8.93. The maximum atomic E-state index is 13.2. The van der Waals surface area contributed by atoms with Crippen LogP contribution in [0.2, 0.25) is 0 Å². The first kappa shape index (κ1) is 27.0. The zero-order valence-electron chi connectivity index (χ0n) is 19.3. The molecule has 1 aromatic carbocycles. The fourth-order valence-corrected chi connectivity index (χ4v) is 4.49. The summed E-state index contributed by atoms with van der Waals surface area (Å²) >= 11 is 3.97. The largest absolute Gasteiger partial charge is 0.481 e. The number of likely N-dealkylation sites (tertiary alicyclic amines) is 1. The number of nitrogens with one attached hydrogen (secondary N) is 3. The Balaban J connectivity index is 1.81. The average molecular weight is 520 g/mol. The third kappa shape index (κ3) is 6.34. The molecule has 4 atom stereocenters. The number of benzene rings is 1. The molecule has 2 aromatic rings. The average Bonchev–Trinajstić information content (AvgIpc) is 3.48. The van der Waals surface area contributed by atoms with Crippen molar-refractivity contribution in [2.75, 3.05) is 12.3 Å². The van der Waals surface area contributed by atoms with E-state index in [-0.39, 0.29) is 18.7 Å². The van der Waals surface area contributed by atoms with Crippen LogP contribution < -0.4 is 16.4 Å². The van der Waals surface area contributed by atoms with Crippen LogP contribution in [0, 0.1) is 0 Å². The van der Waals surface area contributed by atoms with Gasteiger partial charge in [0.05, 0.1) is 12.5 Å². The van der Waals surface area contributed by atoms with E-state index in [4.69, 9.17) is 10.8 Å². The summed E-state index contributed by atoms with van der Waals surface area (Å²) in [6.07, 6.45) is 2.01. The van der Waals surface area contributed by atoms with E-state index in [1.165, 1.54) is 4.90 Å². The molecule has 13 heteroatoms. The van der Waals surface area contributed by atoms with E-state index in [1.54, 1.807) is 6.20 Å². The molecule has 0 spiro atoms. The quantitative estimate of drug-likeness (QED) is 0.193. The highest BCUT2D eigenvalue weighted by Gasteiger charge is 2.38. The first-order chi connectivity index (χ1) is 17.1. The smallest absolute Gasteiger partial charge is 0.327 e. The molecule has 0 bridgehead atoms. The van der Waals surface area contributed by atoms with Crippen molar-refractivity contribution in [3.63, 3.8) is 0 Å². The second-order valence-electron chi connectivity index (χ2n) is 8.60. The molecule has 0 radical (unpaired) electrons. The van der Waals surface area contributed by atoms with Crippen molar-refractivity contribution in [3.8, 4) is 0 Å². The third-order valence-corrected chi connectivity index (χ3v) is 6.44. The van der Waals surface area contributed by atoms with E-state index < -0.39 is 60.2 Å². The number of fused-ring (bicyclic) bond motifs is 1. The number of carboxylic acids is 2. The number of aliphatic carboxylic acids is 2. The number of carboxylic acid groups (broad SMARTS) is 2. The standard InChI is InChI=1S/C23H29N5O7S/c24-14(9-19(29)30)22(33)28-7-3-6-18(28)21(32)26-16(20(31)27-17(11-36)23(34)35)8-12-10-25-15-5-2-1-4-13(12)15/h1-2,4-5,10,14,16-18,25,36H,3,6-9,11,24H2,(H,26,32)(H,27,31)(H,29,30)(H,34,35)/t14-,16-,17-,18-/m0/s1. The predicted molar refractivity (Wildman–Crippen MR) is 132 cm³/mol. The lowest BCUT2D eigenvalue weighted by Crippen LogP contribution is -2.57. The number of nitrogens with two attached hydrogens (primary N) is 1. The Bertz CT molecular complexity index is 1150. The molecule has 3 rings (SSSR count). The maximum absolute atomic E-state index is 13.2. The zero-order valence-corrected chi connectivity index (χ0v) is 20.2. The number of carbonyl (C=O) groups excluding carboxylic acids is 3. The van der Waals surface area contributed by atoms with Crippen molar-refractivity contribution in [1.82, 2.24) is 20.5 Å². The number of thiol groups is 1. The molecular formula is C23H29N5O7S. The van der Waals surface area contributed by atoms with Crippen LogP contribution in [0.15, 0.2) is 30.5 Å². The molecule has 3 amide bonds. The van der Waals surface area contributed by atoms with Gasteiger partial charge in [-0.2, -0.15) is 12.6 Å². The topological polar surface area (TPSA) is 195 Å². The van der Waals surface area contributed by atoms with Crippen LogP contribution >= 0.6 is 12.6 Å². The monoisotopic (exact) mass is 519 g/mol. The minimum Gasteiger partial charge on any atom is -0.481 e. The van der Waals surface area contributed by atoms with Crippen molar-refractivity contribution < 1.29 is 34.2 Å².